The van der Waals surface area contributed by atoms with Gasteiger partial charge in [-0.05, 0) is 81.2 Å². The summed E-state index contributed by atoms with van der Waals surface area (Å²) in [6.45, 7) is 0. The summed E-state index contributed by atoms with van der Waals surface area (Å²) in [5, 5.41) is 4.61. The molecule has 6 aromatic carbocycles. The zero-order chi connectivity index (χ0) is 26.5. The van der Waals surface area contributed by atoms with Gasteiger partial charge in [0, 0.05) is 11.1 Å². The fraction of sp³-hybridized carbons (Fsp3) is 0. The first-order valence-corrected chi connectivity index (χ1v) is 13.2. The molecule has 8 rings (SSSR count). The zero-order valence-electron chi connectivity index (χ0n) is 21.4. The van der Waals surface area contributed by atoms with Gasteiger partial charge < -0.3 is 8.83 Å². The van der Waals surface area contributed by atoms with Gasteiger partial charge in [-0.25, -0.2) is 9.97 Å². The standard InChI is InChI=1S/C36H22N2O2/c1-3-7-29-21-33-31(19-27(29)5-1)37-35(39-33)25-15-11-23(12-16-25)9-10-24-13-17-26(18-14-24)36-38-32-20-28-6-2-4-8-30(28)22-34(32)40-36/h1-22H. The lowest BCUT2D eigenvalue weighted by Crippen LogP contribution is -1.79. The quantitative estimate of drug-likeness (QED) is 0.219. The van der Waals surface area contributed by atoms with Gasteiger partial charge in [-0.15, -0.1) is 0 Å². The molecule has 40 heavy (non-hydrogen) atoms. The summed E-state index contributed by atoms with van der Waals surface area (Å²) >= 11 is 0. The number of benzene rings is 6. The first-order chi connectivity index (χ1) is 19.7. The Labute approximate surface area is 229 Å². The van der Waals surface area contributed by atoms with E-state index >= 15 is 0 Å². The van der Waals surface area contributed by atoms with Crippen LogP contribution in [0.5, 0.6) is 0 Å². The predicted octanol–water partition coefficient (Wildman–Crippen LogP) is 9.78. The number of hydrogen-bond acceptors (Lipinski definition) is 4. The molecular weight excluding hydrogens is 492 g/mol. The van der Waals surface area contributed by atoms with E-state index in [1.165, 1.54) is 0 Å². The summed E-state index contributed by atoms with van der Waals surface area (Å²) in [4.78, 5) is 9.44. The van der Waals surface area contributed by atoms with Crippen LogP contribution in [-0.4, -0.2) is 9.97 Å². The largest absolute Gasteiger partial charge is 0.436 e. The maximum atomic E-state index is 6.08. The number of nitrogens with zero attached hydrogens (tertiary/aromatic N) is 2. The van der Waals surface area contributed by atoms with Crippen LogP contribution in [0.3, 0.4) is 0 Å². The van der Waals surface area contributed by atoms with Gasteiger partial charge in [0.25, 0.3) is 0 Å². The minimum Gasteiger partial charge on any atom is -0.436 e. The van der Waals surface area contributed by atoms with Gasteiger partial charge in [0.1, 0.15) is 11.0 Å². The van der Waals surface area contributed by atoms with Crippen LogP contribution in [0.1, 0.15) is 11.1 Å². The average molecular weight is 515 g/mol. The van der Waals surface area contributed by atoms with Crippen molar-refractivity contribution in [3.63, 3.8) is 0 Å². The van der Waals surface area contributed by atoms with Crippen LogP contribution >= 0.6 is 0 Å². The third-order valence-corrected chi connectivity index (χ3v) is 7.30. The van der Waals surface area contributed by atoms with E-state index < -0.39 is 0 Å². The summed E-state index contributed by atoms with van der Waals surface area (Å²) in [6, 6.07) is 41.2. The first kappa shape index (κ1) is 22.5. The molecule has 0 aliphatic carbocycles. The van der Waals surface area contributed by atoms with Gasteiger partial charge in [0.2, 0.25) is 11.8 Å². The Morgan fingerprint density at radius 3 is 1.20 bits per heavy atom. The van der Waals surface area contributed by atoms with Gasteiger partial charge >= 0.3 is 0 Å². The second-order valence-electron chi connectivity index (χ2n) is 9.95. The zero-order valence-corrected chi connectivity index (χ0v) is 21.4. The van der Waals surface area contributed by atoms with Crippen molar-refractivity contribution in [3.05, 3.63) is 132 Å². The molecule has 2 heterocycles. The highest BCUT2D eigenvalue weighted by Crippen LogP contribution is 2.30. The highest BCUT2D eigenvalue weighted by Gasteiger charge is 2.11. The van der Waals surface area contributed by atoms with E-state index in [0.717, 1.165) is 66.0 Å². The van der Waals surface area contributed by atoms with Gasteiger partial charge in [-0.2, -0.15) is 0 Å². The smallest absolute Gasteiger partial charge is 0.227 e. The summed E-state index contributed by atoms with van der Waals surface area (Å²) < 4.78 is 12.2. The minimum atomic E-state index is 0.628. The molecule has 0 fully saturated rings. The summed E-state index contributed by atoms with van der Waals surface area (Å²) in [5.74, 6) is 1.26. The Balaban J connectivity index is 1.01. The second-order valence-corrected chi connectivity index (χ2v) is 9.95. The Bertz CT molecular complexity index is 1940. The van der Waals surface area contributed by atoms with Crippen LogP contribution in [0.15, 0.2) is 130 Å². The maximum Gasteiger partial charge on any atom is 0.227 e. The van der Waals surface area contributed by atoms with E-state index in [1.807, 2.05) is 48.5 Å². The number of fused-ring (bicyclic) bond motifs is 4. The van der Waals surface area contributed by atoms with Crippen LogP contribution in [0, 0.1) is 0 Å². The van der Waals surface area contributed by atoms with Crippen molar-refractivity contribution in [1.82, 2.24) is 9.97 Å². The lowest BCUT2D eigenvalue weighted by Gasteiger charge is -1.99. The lowest BCUT2D eigenvalue weighted by molar-refractivity contribution is 0.620. The van der Waals surface area contributed by atoms with E-state index in [1.54, 1.807) is 0 Å². The Morgan fingerprint density at radius 1 is 0.425 bits per heavy atom. The normalized spacial score (nSPS) is 11.9. The molecule has 4 heteroatoms. The minimum absolute atomic E-state index is 0.628. The van der Waals surface area contributed by atoms with E-state index in [2.05, 4.69) is 84.9 Å². The third-order valence-electron chi connectivity index (χ3n) is 7.30. The molecule has 4 nitrogen and oxygen atoms in total. The van der Waals surface area contributed by atoms with Gasteiger partial charge in [0.05, 0.1) is 0 Å². The topological polar surface area (TPSA) is 52.1 Å². The molecule has 188 valence electrons. The van der Waals surface area contributed by atoms with Crippen molar-refractivity contribution in [2.45, 2.75) is 0 Å². The van der Waals surface area contributed by atoms with Crippen molar-refractivity contribution >= 4 is 55.9 Å². The van der Waals surface area contributed by atoms with E-state index in [-0.39, 0.29) is 0 Å². The molecule has 0 saturated carbocycles. The Kier molecular flexibility index (Phi) is 5.10. The highest BCUT2D eigenvalue weighted by molar-refractivity contribution is 5.96. The first-order valence-electron chi connectivity index (χ1n) is 13.2. The van der Waals surface area contributed by atoms with Crippen LogP contribution in [0.4, 0.5) is 0 Å². The molecular formula is C36H22N2O2. The van der Waals surface area contributed by atoms with E-state index in [0.29, 0.717) is 11.8 Å². The highest BCUT2D eigenvalue weighted by atomic mass is 16.4. The van der Waals surface area contributed by atoms with Crippen molar-refractivity contribution in [1.29, 1.82) is 0 Å². The molecule has 0 saturated heterocycles. The Hall–Kier alpha value is -5.48. The maximum absolute atomic E-state index is 6.08. The number of hydrogen-bond donors (Lipinski definition) is 0. The van der Waals surface area contributed by atoms with Crippen LogP contribution in [0.25, 0.3) is 78.8 Å². The van der Waals surface area contributed by atoms with E-state index in [9.17, 15) is 0 Å². The number of rotatable bonds is 4. The van der Waals surface area contributed by atoms with Crippen LogP contribution in [0.2, 0.25) is 0 Å². The average Bonchev–Trinajstić information content (AvgIpc) is 3.61. The van der Waals surface area contributed by atoms with Crippen LogP contribution < -0.4 is 0 Å². The van der Waals surface area contributed by atoms with Gasteiger partial charge in [-0.3, -0.25) is 0 Å². The molecule has 0 aliphatic heterocycles. The number of oxazole rings is 2. The van der Waals surface area contributed by atoms with Crippen molar-refractivity contribution in [2.24, 2.45) is 0 Å². The fourth-order valence-corrected chi connectivity index (χ4v) is 5.14. The molecule has 0 bridgehead atoms. The van der Waals surface area contributed by atoms with Gasteiger partial charge in [0.15, 0.2) is 11.2 Å². The van der Waals surface area contributed by atoms with E-state index in [4.69, 9.17) is 18.8 Å². The molecule has 0 amide bonds. The molecule has 2 aromatic heterocycles. The SMILES string of the molecule is C(=Cc1ccc(-c2nc3cc4ccccc4cc3o2)cc1)c1ccc(-c2nc3cc4ccccc4cc3o2)cc1. The lowest BCUT2D eigenvalue weighted by atomic mass is 10.1. The summed E-state index contributed by atoms with van der Waals surface area (Å²) in [5.41, 5.74) is 7.43. The van der Waals surface area contributed by atoms with Gasteiger partial charge in [-0.1, -0.05) is 84.9 Å². The summed E-state index contributed by atoms with van der Waals surface area (Å²) in [6.07, 6.45) is 4.20. The molecule has 0 aliphatic rings. The fourth-order valence-electron chi connectivity index (χ4n) is 5.14. The monoisotopic (exact) mass is 514 g/mol. The molecule has 0 radical (unpaired) electrons. The third kappa shape index (κ3) is 4.03. The molecule has 8 aromatic rings. The van der Waals surface area contributed by atoms with Crippen molar-refractivity contribution < 1.29 is 8.83 Å². The Morgan fingerprint density at radius 2 is 0.800 bits per heavy atom. The summed E-state index contributed by atoms with van der Waals surface area (Å²) in [7, 11) is 0. The molecule has 0 N–H and O–H groups in total. The van der Waals surface area contributed by atoms with Crippen molar-refractivity contribution in [3.8, 4) is 22.9 Å². The van der Waals surface area contributed by atoms with Crippen LogP contribution in [-0.2, 0) is 0 Å². The molecule has 0 spiro atoms. The molecule has 0 unspecified atom stereocenters. The second kappa shape index (κ2) is 9.07. The van der Waals surface area contributed by atoms with Crippen molar-refractivity contribution in [2.75, 3.05) is 0 Å². The number of aromatic nitrogens is 2. The molecule has 0 atom stereocenters. The predicted molar refractivity (Wildman–Crippen MR) is 163 cm³/mol.